The van der Waals surface area contributed by atoms with Gasteiger partial charge in [0.15, 0.2) is 5.96 Å². The number of nitrogens with zero attached hydrogens (tertiary/aromatic N) is 1. The Balaban J connectivity index is 1.79. The average Bonchev–Trinajstić information content (AvgIpc) is 2.43. The molecule has 0 atom stereocenters. The van der Waals surface area contributed by atoms with Crippen LogP contribution < -0.4 is 11.1 Å². The van der Waals surface area contributed by atoms with Gasteiger partial charge >= 0.3 is 0 Å². The lowest BCUT2D eigenvalue weighted by Gasteiger charge is -2.12. The van der Waals surface area contributed by atoms with Crippen molar-refractivity contribution in [3.63, 3.8) is 0 Å². The zero-order valence-electron chi connectivity index (χ0n) is 11.4. The number of ether oxygens (including phenoxy) is 1. The Hall–Kier alpha value is -1.81. The average molecular weight is 259 g/mol. The molecule has 0 amide bonds. The van der Waals surface area contributed by atoms with Crippen LogP contribution in [0.5, 0.6) is 0 Å². The minimum absolute atomic E-state index is 0.469. The second kappa shape index (κ2) is 6.95. The first-order valence-corrected chi connectivity index (χ1v) is 6.63. The minimum atomic E-state index is 0.469. The summed E-state index contributed by atoms with van der Waals surface area (Å²) < 4.78 is 5.27. The van der Waals surface area contributed by atoms with Gasteiger partial charge in [0, 0.05) is 12.2 Å². The highest BCUT2D eigenvalue weighted by atomic mass is 16.5. The van der Waals surface area contributed by atoms with Gasteiger partial charge in [0.25, 0.3) is 0 Å². The third kappa shape index (κ3) is 4.75. The van der Waals surface area contributed by atoms with Gasteiger partial charge in [-0.15, -0.1) is 0 Å². The zero-order chi connectivity index (χ0) is 13.5. The summed E-state index contributed by atoms with van der Waals surface area (Å²) in [5.74, 6) is 0.469. The summed E-state index contributed by atoms with van der Waals surface area (Å²) in [4.78, 5) is 4.34. The van der Waals surface area contributed by atoms with E-state index in [1.807, 2.05) is 24.3 Å². The van der Waals surface area contributed by atoms with E-state index >= 15 is 0 Å². The monoisotopic (exact) mass is 259 g/mol. The summed E-state index contributed by atoms with van der Waals surface area (Å²) in [6.07, 6.45) is 4.11. The van der Waals surface area contributed by atoms with E-state index in [9.17, 15) is 0 Å². The molecular formula is C15H21N3O. The summed E-state index contributed by atoms with van der Waals surface area (Å²) in [5, 5.41) is 3.09. The highest BCUT2D eigenvalue weighted by molar-refractivity contribution is 5.92. The van der Waals surface area contributed by atoms with Crippen LogP contribution in [0.1, 0.15) is 18.4 Å². The van der Waals surface area contributed by atoms with Gasteiger partial charge in [-0.25, -0.2) is 0 Å². The summed E-state index contributed by atoms with van der Waals surface area (Å²) in [6.45, 7) is 4.34. The van der Waals surface area contributed by atoms with Crippen LogP contribution in [0.15, 0.2) is 40.9 Å². The molecule has 102 valence electrons. The van der Waals surface area contributed by atoms with Gasteiger partial charge in [0.1, 0.15) is 0 Å². The number of aryl methyl sites for hydroxylation is 1. The lowest BCUT2D eigenvalue weighted by molar-refractivity contribution is 0.153. The Morgan fingerprint density at radius 1 is 1.37 bits per heavy atom. The van der Waals surface area contributed by atoms with Crippen molar-refractivity contribution >= 4 is 11.6 Å². The second-order valence-electron chi connectivity index (χ2n) is 4.70. The van der Waals surface area contributed by atoms with Crippen molar-refractivity contribution in [2.45, 2.75) is 19.8 Å². The Labute approximate surface area is 114 Å². The van der Waals surface area contributed by atoms with Crippen molar-refractivity contribution in [3.8, 4) is 0 Å². The Kier molecular flexibility index (Phi) is 4.98. The molecular weight excluding hydrogens is 238 g/mol. The van der Waals surface area contributed by atoms with Crippen LogP contribution in [0, 0.1) is 6.92 Å². The molecule has 0 saturated carbocycles. The van der Waals surface area contributed by atoms with Crippen molar-refractivity contribution in [2.75, 3.05) is 25.1 Å². The van der Waals surface area contributed by atoms with Gasteiger partial charge in [-0.1, -0.05) is 29.3 Å². The molecule has 0 fully saturated rings. The third-order valence-electron chi connectivity index (χ3n) is 3.10. The number of aliphatic imine (C=N–C) groups is 1. The zero-order valence-corrected chi connectivity index (χ0v) is 11.4. The smallest absolute Gasteiger partial charge is 0.193 e. The summed E-state index contributed by atoms with van der Waals surface area (Å²) in [6, 6.07) is 8.09. The molecule has 0 radical (unpaired) electrons. The van der Waals surface area contributed by atoms with E-state index in [0.29, 0.717) is 5.96 Å². The number of guanidine groups is 1. The second-order valence-corrected chi connectivity index (χ2v) is 4.70. The fraction of sp³-hybridized carbons (Fsp3) is 0.400. The summed E-state index contributed by atoms with van der Waals surface area (Å²) in [5.41, 5.74) is 9.47. The van der Waals surface area contributed by atoms with Crippen LogP contribution in [0.3, 0.4) is 0 Å². The Bertz CT molecular complexity index is 463. The first-order chi connectivity index (χ1) is 9.24. The Morgan fingerprint density at radius 3 is 2.84 bits per heavy atom. The molecule has 0 spiro atoms. The molecule has 0 unspecified atom stereocenters. The Morgan fingerprint density at radius 2 is 2.16 bits per heavy atom. The van der Waals surface area contributed by atoms with E-state index in [-0.39, 0.29) is 0 Å². The maximum absolute atomic E-state index is 5.85. The topological polar surface area (TPSA) is 59.6 Å². The van der Waals surface area contributed by atoms with E-state index in [0.717, 1.165) is 38.3 Å². The van der Waals surface area contributed by atoms with E-state index in [2.05, 4.69) is 23.3 Å². The molecule has 2 rings (SSSR count). The van der Waals surface area contributed by atoms with Crippen molar-refractivity contribution in [1.82, 2.24) is 0 Å². The maximum Gasteiger partial charge on any atom is 0.193 e. The summed E-state index contributed by atoms with van der Waals surface area (Å²) in [7, 11) is 0. The number of hydrogen-bond acceptors (Lipinski definition) is 2. The van der Waals surface area contributed by atoms with Gasteiger partial charge in [0.05, 0.1) is 13.2 Å². The maximum atomic E-state index is 5.85. The van der Waals surface area contributed by atoms with E-state index in [1.54, 1.807) is 0 Å². The number of nitrogens with one attached hydrogen (secondary N) is 1. The molecule has 1 aromatic rings. The molecule has 0 aliphatic carbocycles. The predicted octanol–water partition coefficient (Wildman–Crippen LogP) is 2.46. The first kappa shape index (κ1) is 13.6. The molecule has 3 N–H and O–H groups in total. The fourth-order valence-electron chi connectivity index (χ4n) is 1.94. The van der Waals surface area contributed by atoms with Crippen LogP contribution in [0.4, 0.5) is 5.69 Å². The number of benzene rings is 1. The normalized spacial score (nSPS) is 16.1. The molecule has 0 bridgehead atoms. The quantitative estimate of drug-likeness (QED) is 0.496. The molecule has 1 heterocycles. The van der Waals surface area contributed by atoms with Crippen LogP contribution in [-0.4, -0.2) is 25.7 Å². The molecule has 19 heavy (non-hydrogen) atoms. The first-order valence-electron chi connectivity index (χ1n) is 6.63. The largest absolute Gasteiger partial charge is 0.377 e. The third-order valence-corrected chi connectivity index (χ3v) is 3.10. The van der Waals surface area contributed by atoms with Crippen molar-refractivity contribution in [1.29, 1.82) is 0 Å². The van der Waals surface area contributed by atoms with Crippen molar-refractivity contribution in [2.24, 2.45) is 10.7 Å². The van der Waals surface area contributed by atoms with Crippen molar-refractivity contribution < 1.29 is 4.74 Å². The van der Waals surface area contributed by atoms with Gasteiger partial charge in [-0.05, 0) is 31.9 Å². The number of rotatable bonds is 4. The van der Waals surface area contributed by atoms with Gasteiger partial charge in [-0.2, -0.15) is 0 Å². The predicted molar refractivity (Wildman–Crippen MR) is 79.4 cm³/mol. The van der Waals surface area contributed by atoms with E-state index in [4.69, 9.17) is 10.5 Å². The molecule has 1 aliphatic rings. The summed E-state index contributed by atoms with van der Waals surface area (Å²) >= 11 is 0. The highest BCUT2D eigenvalue weighted by Gasteiger charge is 2.02. The molecule has 4 heteroatoms. The molecule has 0 aromatic heterocycles. The lowest BCUT2D eigenvalue weighted by Crippen LogP contribution is -2.22. The van der Waals surface area contributed by atoms with E-state index < -0.39 is 0 Å². The SMILES string of the molecule is Cc1ccc(NC(N)=NCCC2=CCOCC2)cc1. The van der Waals surface area contributed by atoms with Gasteiger partial charge < -0.3 is 15.8 Å². The van der Waals surface area contributed by atoms with Crippen LogP contribution >= 0.6 is 0 Å². The van der Waals surface area contributed by atoms with Crippen LogP contribution in [0.25, 0.3) is 0 Å². The van der Waals surface area contributed by atoms with Crippen LogP contribution in [0.2, 0.25) is 0 Å². The molecule has 1 aromatic carbocycles. The molecule has 1 aliphatic heterocycles. The minimum Gasteiger partial charge on any atom is -0.377 e. The standard InChI is InChI=1S/C15H21N3O/c1-12-2-4-14(5-3-12)18-15(16)17-9-6-13-7-10-19-11-8-13/h2-5,7H,6,8-11H2,1H3,(H3,16,17,18). The number of anilines is 1. The lowest BCUT2D eigenvalue weighted by atomic mass is 10.1. The fourth-order valence-corrected chi connectivity index (χ4v) is 1.94. The van der Waals surface area contributed by atoms with Crippen molar-refractivity contribution in [3.05, 3.63) is 41.5 Å². The number of hydrogen-bond donors (Lipinski definition) is 2. The highest BCUT2D eigenvalue weighted by Crippen LogP contribution is 2.12. The van der Waals surface area contributed by atoms with Crippen LogP contribution in [-0.2, 0) is 4.74 Å². The van der Waals surface area contributed by atoms with Gasteiger partial charge in [0.2, 0.25) is 0 Å². The van der Waals surface area contributed by atoms with E-state index in [1.165, 1.54) is 11.1 Å². The van der Waals surface area contributed by atoms with Gasteiger partial charge in [-0.3, -0.25) is 4.99 Å². The molecule has 0 saturated heterocycles. The number of nitrogens with two attached hydrogens (primary N) is 1. The molecule has 4 nitrogen and oxygen atoms in total.